The fourth-order valence-electron chi connectivity index (χ4n) is 1.34. The zero-order valence-corrected chi connectivity index (χ0v) is 9.13. The van der Waals surface area contributed by atoms with Crippen LogP contribution in [0.2, 0.25) is 0 Å². The van der Waals surface area contributed by atoms with Gasteiger partial charge in [-0.05, 0) is 29.8 Å². The van der Waals surface area contributed by atoms with E-state index in [0.29, 0.717) is 18.1 Å². The predicted octanol–water partition coefficient (Wildman–Crippen LogP) is 1.19. The molecule has 0 saturated carbocycles. The van der Waals surface area contributed by atoms with Crippen LogP contribution >= 0.6 is 0 Å². The summed E-state index contributed by atoms with van der Waals surface area (Å²) in [6.45, 7) is 0.381. The van der Waals surface area contributed by atoms with Crippen molar-refractivity contribution >= 4 is 11.7 Å². The van der Waals surface area contributed by atoms with E-state index in [4.69, 9.17) is 5.73 Å². The Kier molecular flexibility index (Phi) is 3.42. The monoisotopic (exact) mass is 228 g/mol. The fraction of sp³-hybridized carbons (Fsp3) is 0.0833. The average molecular weight is 228 g/mol. The summed E-state index contributed by atoms with van der Waals surface area (Å²) in [5, 5.41) is 2.66. The van der Waals surface area contributed by atoms with Gasteiger partial charge < -0.3 is 11.1 Å². The first-order valence-corrected chi connectivity index (χ1v) is 5.17. The van der Waals surface area contributed by atoms with Crippen molar-refractivity contribution in [2.75, 3.05) is 5.32 Å². The van der Waals surface area contributed by atoms with Crippen LogP contribution in [0.3, 0.4) is 0 Å². The normalized spacial score (nSPS) is 9.94. The number of anilines is 1. The number of nitrogens with zero attached hydrogens (tertiary/aromatic N) is 2. The van der Waals surface area contributed by atoms with Gasteiger partial charge in [-0.25, -0.2) is 4.98 Å². The molecule has 0 radical (unpaired) electrons. The second-order valence-corrected chi connectivity index (χ2v) is 3.42. The van der Waals surface area contributed by atoms with Crippen LogP contribution in [0.1, 0.15) is 16.1 Å². The molecule has 0 saturated heterocycles. The quantitative estimate of drug-likeness (QED) is 0.826. The van der Waals surface area contributed by atoms with E-state index >= 15 is 0 Å². The van der Waals surface area contributed by atoms with E-state index in [-0.39, 0.29) is 5.91 Å². The molecule has 2 heterocycles. The first kappa shape index (κ1) is 11.2. The molecule has 0 unspecified atom stereocenters. The minimum Gasteiger partial charge on any atom is -0.326 e. The number of nitrogens with two attached hydrogens (primary N) is 1. The summed E-state index contributed by atoms with van der Waals surface area (Å²) in [4.78, 5) is 19.8. The van der Waals surface area contributed by atoms with Crippen LogP contribution in [0.15, 0.2) is 42.7 Å². The molecule has 5 nitrogen and oxygen atoms in total. The number of amides is 1. The van der Waals surface area contributed by atoms with Gasteiger partial charge in [0.2, 0.25) is 0 Å². The van der Waals surface area contributed by atoms with Gasteiger partial charge in [-0.15, -0.1) is 0 Å². The molecule has 2 rings (SSSR count). The van der Waals surface area contributed by atoms with E-state index in [1.807, 2.05) is 0 Å². The second kappa shape index (κ2) is 5.18. The lowest BCUT2D eigenvalue weighted by atomic mass is 10.2. The van der Waals surface area contributed by atoms with Crippen LogP contribution < -0.4 is 11.1 Å². The number of pyridine rings is 2. The molecule has 0 aliphatic carbocycles. The van der Waals surface area contributed by atoms with Gasteiger partial charge in [-0.3, -0.25) is 9.78 Å². The highest BCUT2D eigenvalue weighted by Crippen LogP contribution is 2.05. The molecule has 0 aromatic carbocycles. The molecule has 2 aromatic rings. The molecule has 3 N–H and O–H groups in total. The van der Waals surface area contributed by atoms with E-state index in [1.165, 1.54) is 0 Å². The van der Waals surface area contributed by atoms with Crippen LogP contribution in [0.5, 0.6) is 0 Å². The minimum atomic E-state index is -0.293. The van der Waals surface area contributed by atoms with Crippen LogP contribution in [0, 0.1) is 0 Å². The number of carbonyl (C=O) groups excluding carboxylic acids is 1. The van der Waals surface area contributed by atoms with Gasteiger partial charge >= 0.3 is 0 Å². The first-order chi connectivity index (χ1) is 8.29. The van der Waals surface area contributed by atoms with Gasteiger partial charge in [0.15, 0.2) is 0 Å². The fourth-order valence-corrected chi connectivity index (χ4v) is 1.34. The second-order valence-electron chi connectivity index (χ2n) is 3.42. The van der Waals surface area contributed by atoms with E-state index in [0.717, 1.165) is 5.56 Å². The van der Waals surface area contributed by atoms with Gasteiger partial charge in [0, 0.05) is 18.9 Å². The van der Waals surface area contributed by atoms with Gasteiger partial charge in [0.25, 0.3) is 5.91 Å². The Morgan fingerprint density at radius 3 is 2.82 bits per heavy atom. The molecular formula is C12H12N4O. The summed E-state index contributed by atoms with van der Waals surface area (Å²) in [6, 6.07) is 8.73. The van der Waals surface area contributed by atoms with Crippen LogP contribution in [-0.2, 0) is 6.54 Å². The van der Waals surface area contributed by atoms with Crippen LogP contribution in [0.25, 0.3) is 0 Å². The molecule has 86 valence electrons. The maximum Gasteiger partial charge on any atom is 0.275 e. The number of hydrogen-bond donors (Lipinski definition) is 2. The Hall–Kier alpha value is -2.27. The predicted molar refractivity (Wildman–Crippen MR) is 64.3 cm³/mol. The lowest BCUT2D eigenvalue weighted by Gasteiger charge is -2.04. The third kappa shape index (κ3) is 2.85. The Morgan fingerprint density at radius 2 is 2.12 bits per heavy atom. The number of nitrogens with one attached hydrogen (secondary N) is 1. The minimum absolute atomic E-state index is 0.293. The maximum absolute atomic E-state index is 11.8. The Balaban J connectivity index is 2.14. The molecule has 5 heteroatoms. The summed E-state index contributed by atoms with van der Waals surface area (Å²) in [6.07, 6.45) is 3.18. The van der Waals surface area contributed by atoms with E-state index in [2.05, 4.69) is 15.3 Å². The third-order valence-electron chi connectivity index (χ3n) is 2.20. The Bertz CT molecular complexity index is 513. The Morgan fingerprint density at radius 1 is 1.24 bits per heavy atom. The summed E-state index contributed by atoms with van der Waals surface area (Å²) in [5.41, 5.74) is 6.70. The number of aromatic nitrogens is 2. The molecular weight excluding hydrogens is 216 g/mol. The van der Waals surface area contributed by atoms with Crippen molar-refractivity contribution in [1.82, 2.24) is 9.97 Å². The summed E-state index contributed by atoms with van der Waals surface area (Å²) >= 11 is 0. The highest BCUT2D eigenvalue weighted by Gasteiger charge is 2.08. The van der Waals surface area contributed by atoms with E-state index in [9.17, 15) is 4.79 Å². The molecule has 0 spiro atoms. The topological polar surface area (TPSA) is 80.9 Å². The lowest BCUT2D eigenvalue weighted by molar-refractivity contribution is 0.102. The maximum atomic E-state index is 11.8. The molecule has 0 aliphatic heterocycles. The molecule has 0 bridgehead atoms. The zero-order chi connectivity index (χ0) is 12.1. The van der Waals surface area contributed by atoms with Crippen LogP contribution in [-0.4, -0.2) is 15.9 Å². The number of carbonyl (C=O) groups is 1. The SMILES string of the molecule is NCc1ccnc(C(=O)Nc2ccccn2)c1. The zero-order valence-electron chi connectivity index (χ0n) is 9.13. The van der Waals surface area contributed by atoms with Gasteiger partial charge in [-0.1, -0.05) is 6.07 Å². The van der Waals surface area contributed by atoms with Gasteiger partial charge in [0.1, 0.15) is 11.5 Å². The van der Waals surface area contributed by atoms with Crippen molar-refractivity contribution in [2.24, 2.45) is 5.73 Å². The number of rotatable bonds is 3. The van der Waals surface area contributed by atoms with Crippen LogP contribution in [0.4, 0.5) is 5.82 Å². The first-order valence-electron chi connectivity index (χ1n) is 5.17. The third-order valence-corrected chi connectivity index (χ3v) is 2.20. The molecule has 0 atom stereocenters. The molecule has 0 aliphatic rings. The smallest absolute Gasteiger partial charge is 0.275 e. The average Bonchev–Trinajstić information content (AvgIpc) is 2.40. The van der Waals surface area contributed by atoms with Crippen molar-refractivity contribution in [3.8, 4) is 0 Å². The molecule has 1 amide bonds. The number of hydrogen-bond acceptors (Lipinski definition) is 4. The van der Waals surface area contributed by atoms with Crippen molar-refractivity contribution in [2.45, 2.75) is 6.54 Å². The molecule has 17 heavy (non-hydrogen) atoms. The van der Waals surface area contributed by atoms with Gasteiger partial charge in [-0.2, -0.15) is 0 Å². The van der Waals surface area contributed by atoms with Crippen molar-refractivity contribution in [3.63, 3.8) is 0 Å². The highest BCUT2D eigenvalue weighted by atomic mass is 16.1. The highest BCUT2D eigenvalue weighted by molar-refractivity contribution is 6.02. The van der Waals surface area contributed by atoms with Gasteiger partial charge in [0.05, 0.1) is 0 Å². The molecule has 2 aromatic heterocycles. The standard InChI is InChI=1S/C12H12N4O/c13-8-9-4-6-14-10(7-9)12(17)16-11-3-1-2-5-15-11/h1-7H,8,13H2,(H,15,16,17). The summed E-state index contributed by atoms with van der Waals surface area (Å²) < 4.78 is 0. The Labute approximate surface area is 98.7 Å². The van der Waals surface area contributed by atoms with Crippen molar-refractivity contribution in [3.05, 3.63) is 54.0 Å². The molecule has 0 fully saturated rings. The van der Waals surface area contributed by atoms with E-state index in [1.54, 1.807) is 42.7 Å². The summed E-state index contributed by atoms with van der Waals surface area (Å²) in [5.74, 6) is 0.205. The summed E-state index contributed by atoms with van der Waals surface area (Å²) in [7, 11) is 0. The van der Waals surface area contributed by atoms with Crippen molar-refractivity contribution < 1.29 is 4.79 Å². The lowest BCUT2D eigenvalue weighted by Crippen LogP contribution is -2.15. The largest absolute Gasteiger partial charge is 0.326 e. The van der Waals surface area contributed by atoms with E-state index < -0.39 is 0 Å². The van der Waals surface area contributed by atoms with Crippen molar-refractivity contribution in [1.29, 1.82) is 0 Å².